The number of aryl methyl sites for hydroxylation is 1. The molecule has 118 valence electrons. The van der Waals surface area contributed by atoms with E-state index in [0.29, 0.717) is 5.92 Å². The van der Waals surface area contributed by atoms with E-state index in [2.05, 4.69) is 39.4 Å². The number of piperidine rings is 1. The maximum Gasteiger partial charge on any atom is 0.125 e. The predicted octanol–water partition coefficient (Wildman–Crippen LogP) is 2.54. The number of likely N-dealkylation sites (tertiary alicyclic amines) is 1. The topological polar surface area (TPSA) is 46.0 Å². The second kappa shape index (κ2) is 6.48. The summed E-state index contributed by atoms with van der Waals surface area (Å²) in [5, 5.41) is 7.49. The molecular formula is C17H25N5. The van der Waals surface area contributed by atoms with Gasteiger partial charge in [0.15, 0.2) is 0 Å². The summed E-state index contributed by atoms with van der Waals surface area (Å²) in [7, 11) is 3.93. The van der Waals surface area contributed by atoms with Crippen LogP contribution in [0.2, 0.25) is 0 Å². The van der Waals surface area contributed by atoms with E-state index >= 15 is 0 Å². The van der Waals surface area contributed by atoms with E-state index in [1.54, 1.807) is 0 Å². The highest BCUT2D eigenvalue weighted by Gasteiger charge is 2.22. The van der Waals surface area contributed by atoms with Crippen LogP contribution in [0.25, 0.3) is 0 Å². The van der Waals surface area contributed by atoms with Crippen LogP contribution >= 0.6 is 0 Å². The predicted molar refractivity (Wildman–Crippen MR) is 89.0 cm³/mol. The van der Waals surface area contributed by atoms with Crippen molar-refractivity contribution in [2.75, 3.05) is 25.5 Å². The Hall–Kier alpha value is -1.88. The van der Waals surface area contributed by atoms with Crippen molar-refractivity contribution < 1.29 is 0 Å². The first-order valence-electron chi connectivity index (χ1n) is 8.01. The molecule has 3 rings (SSSR count). The standard InChI is InChI=1S/C17H25N5/c1-13-16(10-20-21(13)3)12-22-8-4-5-15(11-22)14-6-7-19-17(9-14)18-2/h6-7,9-10,15H,4-5,8,11-12H2,1-3H3,(H,18,19)/t15-/m1/s1. The van der Waals surface area contributed by atoms with Crippen molar-refractivity contribution in [2.45, 2.75) is 32.2 Å². The smallest absolute Gasteiger partial charge is 0.125 e. The van der Waals surface area contributed by atoms with Gasteiger partial charge in [-0.3, -0.25) is 9.58 Å². The maximum atomic E-state index is 4.35. The van der Waals surface area contributed by atoms with Gasteiger partial charge in [-0.25, -0.2) is 4.98 Å². The van der Waals surface area contributed by atoms with Gasteiger partial charge >= 0.3 is 0 Å². The molecule has 1 aliphatic rings. The van der Waals surface area contributed by atoms with Gasteiger partial charge in [-0.15, -0.1) is 0 Å². The van der Waals surface area contributed by atoms with Crippen molar-refractivity contribution in [1.29, 1.82) is 0 Å². The third kappa shape index (κ3) is 3.14. The minimum atomic E-state index is 0.598. The Labute approximate surface area is 132 Å². The lowest BCUT2D eigenvalue weighted by Gasteiger charge is -2.33. The van der Waals surface area contributed by atoms with Crippen LogP contribution < -0.4 is 5.32 Å². The van der Waals surface area contributed by atoms with Crippen molar-refractivity contribution in [3.8, 4) is 0 Å². The van der Waals surface area contributed by atoms with Gasteiger partial charge < -0.3 is 5.32 Å². The average Bonchev–Trinajstić information content (AvgIpc) is 2.87. The monoisotopic (exact) mass is 299 g/mol. The molecule has 1 saturated heterocycles. The summed E-state index contributed by atoms with van der Waals surface area (Å²) in [6, 6.07) is 4.34. The first-order chi connectivity index (χ1) is 10.7. The van der Waals surface area contributed by atoms with E-state index in [9.17, 15) is 0 Å². The Bertz CT molecular complexity index is 634. The lowest BCUT2D eigenvalue weighted by Crippen LogP contribution is -2.34. The average molecular weight is 299 g/mol. The molecule has 0 saturated carbocycles. The highest BCUT2D eigenvalue weighted by Crippen LogP contribution is 2.28. The van der Waals surface area contributed by atoms with Crippen LogP contribution in [0.5, 0.6) is 0 Å². The van der Waals surface area contributed by atoms with Gasteiger partial charge in [0.2, 0.25) is 0 Å². The zero-order valence-electron chi connectivity index (χ0n) is 13.7. The van der Waals surface area contributed by atoms with E-state index in [1.165, 1.54) is 36.2 Å². The summed E-state index contributed by atoms with van der Waals surface area (Å²) in [4.78, 5) is 6.87. The molecule has 0 amide bonds. The lowest BCUT2D eigenvalue weighted by molar-refractivity contribution is 0.200. The van der Waals surface area contributed by atoms with E-state index < -0.39 is 0 Å². The molecule has 0 aromatic carbocycles. The number of aromatic nitrogens is 3. The van der Waals surface area contributed by atoms with Crippen LogP contribution in [-0.4, -0.2) is 39.8 Å². The van der Waals surface area contributed by atoms with Gasteiger partial charge in [0.05, 0.1) is 6.20 Å². The number of pyridine rings is 1. The van der Waals surface area contributed by atoms with Crippen LogP contribution in [0.4, 0.5) is 5.82 Å². The van der Waals surface area contributed by atoms with Crippen LogP contribution in [0.1, 0.15) is 35.6 Å². The maximum absolute atomic E-state index is 4.35. The molecule has 0 bridgehead atoms. The number of rotatable bonds is 4. The molecule has 1 atom stereocenters. The molecule has 3 heterocycles. The fourth-order valence-electron chi connectivity index (χ4n) is 3.25. The molecule has 0 aliphatic carbocycles. The second-order valence-electron chi connectivity index (χ2n) is 6.18. The number of hydrogen-bond acceptors (Lipinski definition) is 4. The zero-order valence-corrected chi connectivity index (χ0v) is 13.7. The second-order valence-corrected chi connectivity index (χ2v) is 6.18. The minimum absolute atomic E-state index is 0.598. The summed E-state index contributed by atoms with van der Waals surface area (Å²) in [6.07, 6.45) is 6.42. The normalized spacial score (nSPS) is 19.3. The van der Waals surface area contributed by atoms with Gasteiger partial charge in [-0.05, 0) is 49.9 Å². The highest BCUT2D eigenvalue weighted by molar-refractivity contribution is 5.38. The zero-order chi connectivity index (χ0) is 15.5. The summed E-state index contributed by atoms with van der Waals surface area (Å²) < 4.78 is 1.96. The van der Waals surface area contributed by atoms with Gasteiger partial charge in [0, 0.05) is 44.6 Å². The molecule has 5 nitrogen and oxygen atoms in total. The van der Waals surface area contributed by atoms with Crippen molar-refractivity contribution in [3.63, 3.8) is 0 Å². The van der Waals surface area contributed by atoms with Crippen LogP contribution in [0.3, 0.4) is 0 Å². The molecule has 2 aromatic heterocycles. The Kier molecular flexibility index (Phi) is 4.43. The van der Waals surface area contributed by atoms with Crippen LogP contribution in [0.15, 0.2) is 24.5 Å². The fraction of sp³-hybridized carbons (Fsp3) is 0.529. The number of nitrogens with one attached hydrogen (secondary N) is 1. The first-order valence-corrected chi connectivity index (χ1v) is 8.01. The lowest BCUT2D eigenvalue weighted by atomic mass is 9.91. The van der Waals surface area contributed by atoms with E-state index in [-0.39, 0.29) is 0 Å². The summed E-state index contributed by atoms with van der Waals surface area (Å²) in [6.45, 7) is 5.43. The van der Waals surface area contributed by atoms with E-state index in [1.807, 2.05) is 31.2 Å². The molecular weight excluding hydrogens is 274 g/mol. The fourth-order valence-corrected chi connectivity index (χ4v) is 3.25. The number of nitrogens with zero attached hydrogens (tertiary/aromatic N) is 4. The molecule has 0 radical (unpaired) electrons. The molecule has 1 N–H and O–H groups in total. The highest BCUT2D eigenvalue weighted by atomic mass is 15.3. The molecule has 2 aromatic rings. The number of hydrogen-bond donors (Lipinski definition) is 1. The molecule has 5 heteroatoms. The molecule has 0 spiro atoms. The van der Waals surface area contributed by atoms with Crippen molar-refractivity contribution >= 4 is 5.82 Å². The van der Waals surface area contributed by atoms with Gasteiger partial charge in [0.25, 0.3) is 0 Å². The van der Waals surface area contributed by atoms with Crippen LogP contribution in [0, 0.1) is 6.92 Å². The molecule has 1 aliphatic heterocycles. The van der Waals surface area contributed by atoms with Crippen molar-refractivity contribution in [3.05, 3.63) is 41.3 Å². The minimum Gasteiger partial charge on any atom is -0.373 e. The molecule has 22 heavy (non-hydrogen) atoms. The Balaban J connectivity index is 1.70. The van der Waals surface area contributed by atoms with Gasteiger partial charge in [-0.2, -0.15) is 5.10 Å². The molecule has 1 fully saturated rings. The Morgan fingerprint density at radius 1 is 1.41 bits per heavy atom. The molecule has 0 unspecified atom stereocenters. The van der Waals surface area contributed by atoms with E-state index in [0.717, 1.165) is 18.9 Å². The van der Waals surface area contributed by atoms with Gasteiger partial charge in [0.1, 0.15) is 5.82 Å². The van der Waals surface area contributed by atoms with Crippen molar-refractivity contribution in [2.24, 2.45) is 7.05 Å². The third-order valence-electron chi connectivity index (χ3n) is 4.75. The SMILES string of the molecule is CNc1cc([C@@H]2CCCN(Cc3cnn(C)c3C)C2)ccn1. The largest absolute Gasteiger partial charge is 0.373 e. The third-order valence-corrected chi connectivity index (χ3v) is 4.75. The number of anilines is 1. The summed E-state index contributed by atoms with van der Waals surface area (Å²) >= 11 is 0. The quantitative estimate of drug-likeness (QED) is 0.942. The van der Waals surface area contributed by atoms with Crippen molar-refractivity contribution in [1.82, 2.24) is 19.7 Å². The first kappa shape index (κ1) is 15.0. The Morgan fingerprint density at radius 3 is 3.00 bits per heavy atom. The summed E-state index contributed by atoms with van der Waals surface area (Å²) in [5.74, 6) is 1.55. The Morgan fingerprint density at radius 2 is 2.27 bits per heavy atom. The van der Waals surface area contributed by atoms with Gasteiger partial charge in [-0.1, -0.05) is 0 Å². The van der Waals surface area contributed by atoms with E-state index in [4.69, 9.17) is 0 Å². The van der Waals surface area contributed by atoms with Crippen LogP contribution in [-0.2, 0) is 13.6 Å². The summed E-state index contributed by atoms with van der Waals surface area (Å²) in [5.41, 5.74) is 4.00.